The van der Waals surface area contributed by atoms with Gasteiger partial charge in [-0.25, -0.2) is 0 Å². The molecule has 0 radical (unpaired) electrons. The Kier molecular flexibility index (Phi) is 9.46. The average Bonchev–Trinajstić information content (AvgIpc) is 3.69. The van der Waals surface area contributed by atoms with Crippen LogP contribution in [-0.4, -0.2) is 8.68 Å². The Morgan fingerprint density at radius 3 is 1.31 bits per heavy atom. The summed E-state index contributed by atoms with van der Waals surface area (Å²) in [4.78, 5) is 0. The van der Waals surface area contributed by atoms with Gasteiger partial charge < -0.3 is 13.8 Å². The molecule has 0 bridgehead atoms. The second-order valence-corrected chi connectivity index (χ2v) is 20.1. The fourth-order valence-electron chi connectivity index (χ4n) is 8.47. The summed E-state index contributed by atoms with van der Waals surface area (Å²) >= 11 is 0. The van der Waals surface area contributed by atoms with Crippen molar-refractivity contribution in [1.29, 1.82) is 0 Å². The van der Waals surface area contributed by atoms with Crippen LogP contribution in [0.2, 0.25) is 0 Å². The van der Waals surface area contributed by atoms with Crippen molar-refractivity contribution in [3.8, 4) is 23.0 Å². The first kappa shape index (κ1) is 38.7. The van der Waals surface area contributed by atoms with Crippen LogP contribution in [0, 0.1) is 0 Å². The number of benzene rings is 6. The molecular formula is C51H54N2O3P2. The van der Waals surface area contributed by atoms with Crippen LogP contribution in [0.15, 0.2) is 109 Å². The van der Waals surface area contributed by atoms with E-state index < -0.39 is 5.41 Å². The van der Waals surface area contributed by atoms with Crippen molar-refractivity contribution < 1.29 is 13.8 Å². The maximum absolute atomic E-state index is 7.20. The fraction of sp³-hybridized carbons (Fsp3) is 0.294. The number of aromatic nitrogens is 2. The van der Waals surface area contributed by atoms with Crippen molar-refractivity contribution in [3.63, 3.8) is 0 Å². The van der Waals surface area contributed by atoms with E-state index in [2.05, 4.69) is 187 Å². The Labute approximate surface area is 346 Å². The van der Waals surface area contributed by atoms with Crippen LogP contribution in [0.5, 0.6) is 23.0 Å². The zero-order valence-electron chi connectivity index (χ0n) is 35.4. The molecule has 0 spiro atoms. The van der Waals surface area contributed by atoms with Crippen LogP contribution >= 0.6 is 17.9 Å². The fourth-order valence-corrected chi connectivity index (χ4v) is 10.3. The van der Waals surface area contributed by atoms with Gasteiger partial charge in [-0.2, -0.15) is 0 Å². The summed E-state index contributed by atoms with van der Waals surface area (Å²) in [6, 6.07) is 40.0. The summed E-state index contributed by atoms with van der Waals surface area (Å²) in [6.07, 6.45) is 1.99. The molecule has 58 heavy (non-hydrogen) atoms. The van der Waals surface area contributed by atoms with Gasteiger partial charge in [-0.15, -0.1) is 0 Å². The Balaban J connectivity index is 1.17. The molecule has 6 aromatic carbocycles. The number of aryl methyl sites for hydroxylation is 2. The minimum Gasteiger partial charge on any atom is -0.451 e. The van der Waals surface area contributed by atoms with Crippen molar-refractivity contribution >= 4 is 61.5 Å². The molecule has 0 aliphatic carbocycles. The molecule has 7 heteroatoms. The van der Waals surface area contributed by atoms with Crippen molar-refractivity contribution in [2.24, 2.45) is 0 Å². The molecule has 0 amide bonds. The highest BCUT2D eigenvalue weighted by molar-refractivity contribution is 7.32. The molecule has 0 saturated carbocycles. The Morgan fingerprint density at radius 2 is 0.914 bits per heavy atom. The molecule has 1 aliphatic rings. The number of nitrogens with zero attached hydrogens (tertiary/aromatic N) is 2. The first-order chi connectivity index (χ1) is 27.7. The molecule has 0 saturated heterocycles. The molecule has 2 aromatic heterocycles. The van der Waals surface area contributed by atoms with E-state index in [4.69, 9.17) is 13.8 Å². The zero-order chi connectivity index (χ0) is 40.7. The number of fused-ring (bicyclic) bond motifs is 8. The van der Waals surface area contributed by atoms with Crippen molar-refractivity contribution in [2.75, 3.05) is 0 Å². The van der Waals surface area contributed by atoms with Gasteiger partial charge in [0.2, 0.25) is 0 Å². The molecule has 296 valence electrons. The summed E-state index contributed by atoms with van der Waals surface area (Å²) in [5, 5.41) is 5.00. The standard InChI is InChI=1S/C51H54N2O3P2/c1-11-31-21-23-43-37(25-31)35-17-13-15-19-41(35)52(43)57-55-45-29-33(49(3,4)5)27-39-47(45)54-48-40(51(39,9)10)28-34(50(6,7)8)30-46(48)56-58-53-42-20-16-14-18-36(42)38-26-32(12-2)22-24-44(38)53/h13-30,57-58H,11-12H2,1-10H3. The first-order valence-electron chi connectivity index (χ1n) is 20.6. The molecule has 8 aromatic rings. The van der Waals surface area contributed by atoms with E-state index in [9.17, 15) is 0 Å². The van der Waals surface area contributed by atoms with Gasteiger partial charge in [-0.1, -0.05) is 130 Å². The van der Waals surface area contributed by atoms with Crippen LogP contribution in [0.4, 0.5) is 0 Å². The van der Waals surface area contributed by atoms with Gasteiger partial charge in [0.05, 0.1) is 22.1 Å². The SMILES string of the molecule is CCc1ccc2c(c1)c1ccccc1n2POc1cc(C(C)(C)C)cc2c1Oc1c(OPn3c4ccccc4c4cc(CC)ccc43)cc(C(C)(C)C)cc1C2(C)C. The molecule has 2 unspecified atom stereocenters. The minimum atomic E-state index is -0.416. The van der Waals surface area contributed by atoms with Crippen LogP contribution in [0.3, 0.4) is 0 Å². The lowest BCUT2D eigenvalue weighted by Crippen LogP contribution is -2.27. The van der Waals surface area contributed by atoms with E-state index in [1.807, 2.05) is 0 Å². The molecule has 3 heterocycles. The van der Waals surface area contributed by atoms with E-state index >= 15 is 0 Å². The molecule has 2 atom stereocenters. The highest BCUT2D eigenvalue weighted by atomic mass is 31.1. The third kappa shape index (κ3) is 6.47. The lowest BCUT2D eigenvalue weighted by Gasteiger charge is -2.38. The van der Waals surface area contributed by atoms with E-state index in [1.54, 1.807) is 0 Å². The number of ether oxygens (including phenoxy) is 1. The van der Waals surface area contributed by atoms with E-state index in [1.165, 1.54) is 65.9 Å². The molecule has 9 rings (SSSR count). The second-order valence-electron chi connectivity index (χ2n) is 18.4. The quantitative estimate of drug-likeness (QED) is 0.144. The molecule has 5 nitrogen and oxygen atoms in total. The normalized spacial score (nSPS) is 14.3. The van der Waals surface area contributed by atoms with Gasteiger partial charge in [-0.3, -0.25) is 8.68 Å². The zero-order valence-corrected chi connectivity index (χ0v) is 37.4. The maximum atomic E-state index is 7.20. The van der Waals surface area contributed by atoms with Crippen LogP contribution < -0.4 is 13.8 Å². The largest absolute Gasteiger partial charge is 0.451 e. The topological polar surface area (TPSA) is 37.6 Å². The second kappa shape index (κ2) is 14.2. The summed E-state index contributed by atoms with van der Waals surface area (Å²) in [6.45, 7) is 22.7. The number of para-hydroxylation sites is 2. The summed E-state index contributed by atoms with van der Waals surface area (Å²) in [5.41, 5.74) is 11.4. The van der Waals surface area contributed by atoms with E-state index in [-0.39, 0.29) is 28.7 Å². The third-order valence-electron chi connectivity index (χ3n) is 12.2. The van der Waals surface area contributed by atoms with Crippen molar-refractivity contribution in [3.05, 3.63) is 143 Å². The van der Waals surface area contributed by atoms with Gasteiger partial charge >= 0.3 is 0 Å². The third-order valence-corrected chi connectivity index (χ3v) is 14.1. The number of rotatable bonds is 8. The number of hydrogen-bond acceptors (Lipinski definition) is 3. The van der Waals surface area contributed by atoms with Crippen LogP contribution in [0.25, 0.3) is 43.6 Å². The molecule has 0 fully saturated rings. The van der Waals surface area contributed by atoms with Gasteiger partial charge in [0.1, 0.15) is 0 Å². The highest BCUT2D eigenvalue weighted by Gasteiger charge is 2.40. The maximum Gasteiger partial charge on any atom is 0.182 e. The Morgan fingerprint density at radius 1 is 0.517 bits per heavy atom. The first-order valence-corrected chi connectivity index (χ1v) is 22.3. The van der Waals surface area contributed by atoms with Crippen LogP contribution in [0.1, 0.15) is 103 Å². The van der Waals surface area contributed by atoms with E-state index in [0.717, 1.165) is 47.0 Å². The van der Waals surface area contributed by atoms with Crippen LogP contribution in [-0.2, 0) is 29.1 Å². The highest BCUT2D eigenvalue weighted by Crippen LogP contribution is 2.58. The smallest absolute Gasteiger partial charge is 0.182 e. The molecule has 1 aliphatic heterocycles. The molecule has 0 N–H and O–H groups in total. The monoisotopic (exact) mass is 804 g/mol. The average molecular weight is 805 g/mol. The van der Waals surface area contributed by atoms with Gasteiger partial charge in [0, 0.05) is 38.1 Å². The van der Waals surface area contributed by atoms with Crippen molar-refractivity contribution in [1.82, 2.24) is 8.68 Å². The Hall–Kier alpha value is -4.82. The Bertz CT molecular complexity index is 2710. The van der Waals surface area contributed by atoms with E-state index in [0.29, 0.717) is 0 Å². The predicted molar refractivity (Wildman–Crippen MR) is 249 cm³/mol. The summed E-state index contributed by atoms with van der Waals surface area (Å²) < 4.78 is 25.9. The number of hydrogen-bond donors (Lipinski definition) is 0. The summed E-state index contributed by atoms with van der Waals surface area (Å²) in [7, 11) is 0.00649. The van der Waals surface area contributed by atoms with Gasteiger partial charge in [-0.05, 0) is 94.5 Å². The van der Waals surface area contributed by atoms with Gasteiger partial charge in [0.25, 0.3) is 0 Å². The minimum absolute atomic E-state index is 0.00325. The lowest BCUT2D eigenvalue weighted by molar-refractivity contribution is 0.384. The van der Waals surface area contributed by atoms with Crippen molar-refractivity contribution in [2.45, 2.75) is 98.3 Å². The summed E-state index contributed by atoms with van der Waals surface area (Å²) in [5.74, 6) is 3.01. The van der Waals surface area contributed by atoms with Gasteiger partial charge in [0.15, 0.2) is 40.9 Å². The molecular weight excluding hydrogens is 751 g/mol. The lowest BCUT2D eigenvalue weighted by atomic mass is 9.72. The predicted octanol–water partition coefficient (Wildman–Crippen LogP) is 14.9.